The standard InChI is InChI=1S/C15H26N2/c1-5-17(6-2)12-11-15(16-4)14-9-7-13(3)8-10-14/h7-10,15-16H,5-6,11-12H2,1-4H3. The van der Waals surface area contributed by atoms with Gasteiger partial charge in [0.05, 0.1) is 0 Å². The van der Waals surface area contributed by atoms with Crippen molar-refractivity contribution in [1.29, 1.82) is 0 Å². The summed E-state index contributed by atoms with van der Waals surface area (Å²) in [5.74, 6) is 0. The minimum Gasteiger partial charge on any atom is -0.313 e. The first-order valence-corrected chi connectivity index (χ1v) is 6.67. The second kappa shape index (κ2) is 7.46. The molecule has 2 heteroatoms. The Labute approximate surface area is 106 Å². The summed E-state index contributed by atoms with van der Waals surface area (Å²) < 4.78 is 0. The fourth-order valence-corrected chi connectivity index (χ4v) is 2.13. The van der Waals surface area contributed by atoms with Gasteiger partial charge in [-0.3, -0.25) is 0 Å². The van der Waals surface area contributed by atoms with Gasteiger partial charge in [0.25, 0.3) is 0 Å². The van der Waals surface area contributed by atoms with Gasteiger partial charge in [-0.05, 0) is 45.6 Å². The highest BCUT2D eigenvalue weighted by molar-refractivity contribution is 5.24. The first-order valence-electron chi connectivity index (χ1n) is 6.67. The third-order valence-corrected chi connectivity index (χ3v) is 3.46. The third-order valence-electron chi connectivity index (χ3n) is 3.46. The fraction of sp³-hybridized carbons (Fsp3) is 0.600. The van der Waals surface area contributed by atoms with Crippen molar-refractivity contribution in [3.63, 3.8) is 0 Å². The molecule has 1 aromatic rings. The molecule has 0 amide bonds. The number of rotatable bonds is 7. The Bertz CT molecular complexity index is 301. The quantitative estimate of drug-likeness (QED) is 0.780. The maximum absolute atomic E-state index is 3.41. The van der Waals surface area contributed by atoms with Crippen LogP contribution in [0.25, 0.3) is 0 Å². The van der Waals surface area contributed by atoms with E-state index in [0.717, 1.165) is 19.6 Å². The van der Waals surface area contributed by atoms with Crippen molar-refractivity contribution in [3.05, 3.63) is 35.4 Å². The molecule has 0 fully saturated rings. The molecule has 1 atom stereocenters. The molecule has 0 saturated carbocycles. The van der Waals surface area contributed by atoms with Crippen molar-refractivity contribution in [1.82, 2.24) is 10.2 Å². The molecule has 1 rings (SSSR count). The first kappa shape index (κ1) is 14.2. The van der Waals surface area contributed by atoms with Crippen LogP contribution in [-0.2, 0) is 0 Å². The largest absolute Gasteiger partial charge is 0.313 e. The summed E-state index contributed by atoms with van der Waals surface area (Å²) in [4.78, 5) is 2.47. The lowest BCUT2D eigenvalue weighted by molar-refractivity contribution is 0.284. The van der Waals surface area contributed by atoms with Crippen LogP contribution >= 0.6 is 0 Å². The van der Waals surface area contributed by atoms with Crippen LogP contribution in [0.2, 0.25) is 0 Å². The van der Waals surface area contributed by atoms with Crippen molar-refractivity contribution in [3.8, 4) is 0 Å². The maximum atomic E-state index is 3.41. The number of aryl methyl sites for hydroxylation is 1. The fourth-order valence-electron chi connectivity index (χ4n) is 2.13. The van der Waals surface area contributed by atoms with Crippen LogP contribution in [0.1, 0.15) is 37.4 Å². The monoisotopic (exact) mass is 234 g/mol. The van der Waals surface area contributed by atoms with Crippen LogP contribution in [-0.4, -0.2) is 31.6 Å². The van der Waals surface area contributed by atoms with E-state index in [4.69, 9.17) is 0 Å². The highest BCUT2D eigenvalue weighted by Crippen LogP contribution is 2.17. The molecule has 1 N–H and O–H groups in total. The smallest absolute Gasteiger partial charge is 0.0329 e. The molecule has 0 aromatic heterocycles. The molecule has 0 spiro atoms. The van der Waals surface area contributed by atoms with Gasteiger partial charge in [-0.15, -0.1) is 0 Å². The van der Waals surface area contributed by atoms with E-state index in [0.29, 0.717) is 6.04 Å². The van der Waals surface area contributed by atoms with E-state index in [1.165, 1.54) is 17.5 Å². The van der Waals surface area contributed by atoms with Crippen molar-refractivity contribution in [2.24, 2.45) is 0 Å². The summed E-state index contributed by atoms with van der Waals surface area (Å²) in [5.41, 5.74) is 2.72. The molecular weight excluding hydrogens is 208 g/mol. The van der Waals surface area contributed by atoms with Crippen LogP contribution in [0.4, 0.5) is 0 Å². The normalized spacial score (nSPS) is 13.0. The average molecular weight is 234 g/mol. The van der Waals surface area contributed by atoms with E-state index in [9.17, 15) is 0 Å². The summed E-state index contributed by atoms with van der Waals surface area (Å²) >= 11 is 0. The highest BCUT2D eigenvalue weighted by atomic mass is 15.1. The minimum absolute atomic E-state index is 0.469. The summed E-state index contributed by atoms with van der Waals surface area (Å²) in [6.07, 6.45) is 1.17. The molecule has 0 saturated heterocycles. The Morgan fingerprint density at radius 2 is 1.71 bits per heavy atom. The van der Waals surface area contributed by atoms with E-state index in [2.05, 4.69) is 55.3 Å². The van der Waals surface area contributed by atoms with Gasteiger partial charge in [-0.1, -0.05) is 43.7 Å². The molecule has 1 unspecified atom stereocenters. The predicted molar refractivity (Wildman–Crippen MR) is 75.4 cm³/mol. The number of nitrogens with zero attached hydrogens (tertiary/aromatic N) is 1. The molecule has 0 bridgehead atoms. The number of benzene rings is 1. The zero-order chi connectivity index (χ0) is 12.7. The lowest BCUT2D eigenvalue weighted by atomic mass is 10.0. The summed E-state index contributed by atoms with van der Waals surface area (Å²) in [7, 11) is 2.05. The van der Waals surface area contributed by atoms with Gasteiger partial charge < -0.3 is 10.2 Å². The third kappa shape index (κ3) is 4.49. The van der Waals surface area contributed by atoms with Gasteiger partial charge in [-0.2, -0.15) is 0 Å². The van der Waals surface area contributed by atoms with E-state index in [-0.39, 0.29) is 0 Å². The zero-order valence-corrected chi connectivity index (χ0v) is 11.7. The lowest BCUT2D eigenvalue weighted by Gasteiger charge is -2.22. The Hall–Kier alpha value is -0.860. The summed E-state index contributed by atoms with van der Waals surface area (Å²) in [6.45, 7) is 10.0. The van der Waals surface area contributed by atoms with Crippen molar-refractivity contribution in [2.45, 2.75) is 33.2 Å². The van der Waals surface area contributed by atoms with E-state index in [1.54, 1.807) is 0 Å². The molecule has 0 heterocycles. The molecule has 96 valence electrons. The molecule has 0 radical (unpaired) electrons. The van der Waals surface area contributed by atoms with Crippen LogP contribution < -0.4 is 5.32 Å². The lowest BCUT2D eigenvalue weighted by Crippen LogP contribution is -2.28. The van der Waals surface area contributed by atoms with E-state index < -0.39 is 0 Å². The molecule has 2 nitrogen and oxygen atoms in total. The Balaban J connectivity index is 2.56. The van der Waals surface area contributed by atoms with Gasteiger partial charge in [0.1, 0.15) is 0 Å². The van der Waals surface area contributed by atoms with Crippen molar-refractivity contribution < 1.29 is 0 Å². The molecule has 0 aliphatic heterocycles. The number of nitrogens with one attached hydrogen (secondary N) is 1. The molecule has 0 aliphatic rings. The van der Waals surface area contributed by atoms with Crippen LogP contribution in [0.15, 0.2) is 24.3 Å². The Morgan fingerprint density at radius 3 is 2.18 bits per heavy atom. The molecular formula is C15H26N2. The van der Waals surface area contributed by atoms with Gasteiger partial charge >= 0.3 is 0 Å². The maximum Gasteiger partial charge on any atom is 0.0329 e. The molecule has 1 aromatic carbocycles. The SMILES string of the molecule is CCN(CC)CCC(NC)c1ccc(C)cc1. The van der Waals surface area contributed by atoms with Gasteiger partial charge in [0, 0.05) is 6.04 Å². The topological polar surface area (TPSA) is 15.3 Å². The average Bonchev–Trinajstić information content (AvgIpc) is 2.36. The van der Waals surface area contributed by atoms with Crippen molar-refractivity contribution in [2.75, 3.05) is 26.7 Å². The van der Waals surface area contributed by atoms with Crippen LogP contribution in [0.3, 0.4) is 0 Å². The van der Waals surface area contributed by atoms with E-state index >= 15 is 0 Å². The predicted octanol–water partition coefficient (Wildman–Crippen LogP) is 2.99. The Kier molecular flexibility index (Phi) is 6.23. The first-order chi connectivity index (χ1) is 8.21. The minimum atomic E-state index is 0.469. The molecule has 0 aliphatic carbocycles. The number of hydrogen-bond donors (Lipinski definition) is 1. The summed E-state index contributed by atoms with van der Waals surface area (Å²) in [6, 6.07) is 9.32. The van der Waals surface area contributed by atoms with E-state index in [1.807, 2.05) is 7.05 Å². The highest BCUT2D eigenvalue weighted by Gasteiger charge is 2.10. The second-order valence-electron chi connectivity index (χ2n) is 4.57. The van der Waals surface area contributed by atoms with Gasteiger partial charge in [0.2, 0.25) is 0 Å². The molecule has 17 heavy (non-hydrogen) atoms. The van der Waals surface area contributed by atoms with Crippen LogP contribution in [0.5, 0.6) is 0 Å². The zero-order valence-electron chi connectivity index (χ0n) is 11.7. The number of hydrogen-bond acceptors (Lipinski definition) is 2. The summed E-state index contributed by atoms with van der Waals surface area (Å²) in [5, 5.41) is 3.41. The second-order valence-corrected chi connectivity index (χ2v) is 4.57. The van der Waals surface area contributed by atoms with Gasteiger partial charge in [-0.25, -0.2) is 0 Å². The Morgan fingerprint density at radius 1 is 1.12 bits per heavy atom. The van der Waals surface area contributed by atoms with Crippen LogP contribution in [0, 0.1) is 6.92 Å². The van der Waals surface area contributed by atoms with Gasteiger partial charge in [0.15, 0.2) is 0 Å². The van der Waals surface area contributed by atoms with Crippen molar-refractivity contribution >= 4 is 0 Å².